The summed E-state index contributed by atoms with van der Waals surface area (Å²) in [5, 5.41) is 2.80. The molecule has 1 atom stereocenters. The fourth-order valence-corrected chi connectivity index (χ4v) is 2.45. The fraction of sp³-hybridized carbons (Fsp3) is 0.333. The van der Waals surface area contributed by atoms with Gasteiger partial charge in [-0.25, -0.2) is 0 Å². The summed E-state index contributed by atoms with van der Waals surface area (Å²) >= 11 is 0. The van der Waals surface area contributed by atoms with Gasteiger partial charge in [-0.15, -0.1) is 0 Å². The number of amides is 1. The smallest absolute Gasteiger partial charge is 0.310 e. The predicted molar refractivity (Wildman–Crippen MR) is 103 cm³/mol. The third-order valence-electron chi connectivity index (χ3n) is 3.63. The molecule has 0 radical (unpaired) electrons. The first-order valence-corrected chi connectivity index (χ1v) is 8.64. The Balaban J connectivity index is 1.88. The Hall–Kier alpha value is -2.66. The molecule has 2 aromatic carbocycles. The minimum absolute atomic E-state index is 0.193. The minimum atomic E-state index is -0.626. The second kappa shape index (κ2) is 8.63. The van der Waals surface area contributed by atoms with Crippen molar-refractivity contribution in [2.75, 3.05) is 5.32 Å². The highest BCUT2D eigenvalue weighted by atomic mass is 16.6. The topological polar surface area (TPSA) is 81.4 Å². The molecule has 0 fully saturated rings. The molecular weight excluding hydrogens is 328 g/mol. The maximum Gasteiger partial charge on any atom is 0.310 e. The molecule has 3 N–H and O–H groups in total. The van der Waals surface area contributed by atoms with Gasteiger partial charge in [-0.3, -0.25) is 9.59 Å². The third-order valence-corrected chi connectivity index (χ3v) is 3.63. The molecule has 0 aliphatic rings. The highest BCUT2D eigenvalue weighted by Crippen LogP contribution is 2.14. The van der Waals surface area contributed by atoms with E-state index in [1.807, 2.05) is 51.1 Å². The van der Waals surface area contributed by atoms with Gasteiger partial charge in [0.15, 0.2) is 0 Å². The fourth-order valence-electron chi connectivity index (χ4n) is 2.45. The first-order valence-electron chi connectivity index (χ1n) is 8.64. The van der Waals surface area contributed by atoms with E-state index in [0.29, 0.717) is 12.1 Å². The van der Waals surface area contributed by atoms with Crippen LogP contribution in [-0.2, 0) is 27.2 Å². The summed E-state index contributed by atoms with van der Waals surface area (Å²) < 4.78 is 5.30. The van der Waals surface area contributed by atoms with Gasteiger partial charge in [-0.2, -0.15) is 0 Å². The molecule has 0 heterocycles. The zero-order valence-corrected chi connectivity index (χ0v) is 15.5. The van der Waals surface area contributed by atoms with Crippen molar-refractivity contribution in [2.45, 2.75) is 45.3 Å². The molecule has 138 valence electrons. The number of anilines is 1. The highest BCUT2D eigenvalue weighted by molar-refractivity contribution is 5.94. The second-order valence-corrected chi connectivity index (χ2v) is 7.25. The maximum absolute atomic E-state index is 12.2. The van der Waals surface area contributed by atoms with Crippen LogP contribution in [0.3, 0.4) is 0 Å². The molecule has 1 unspecified atom stereocenters. The van der Waals surface area contributed by atoms with Crippen LogP contribution in [0.15, 0.2) is 54.6 Å². The van der Waals surface area contributed by atoms with Crippen molar-refractivity contribution in [1.82, 2.24) is 0 Å². The molecule has 0 aliphatic carbocycles. The number of benzene rings is 2. The average molecular weight is 354 g/mol. The van der Waals surface area contributed by atoms with Crippen LogP contribution in [-0.4, -0.2) is 23.5 Å². The number of nitrogens with one attached hydrogen (secondary N) is 1. The molecule has 5 nitrogen and oxygen atoms in total. The molecule has 0 aliphatic heterocycles. The van der Waals surface area contributed by atoms with E-state index in [9.17, 15) is 9.59 Å². The molecule has 2 rings (SSSR count). The predicted octanol–water partition coefficient (Wildman–Crippen LogP) is 3.08. The number of nitrogens with two attached hydrogens (primary N) is 1. The van der Waals surface area contributed by atoms with Gasteiger partial charge in [0.25, 0.3) is 0 Å². The Bertz CT molecular complexity index is 734. The van der Waals surface area contributed by atoms with Crippen LogP contribution in [0.4, 0.5) is 5.69 Å². The highest BCUT2D eigenvalue weighted by Gasteiger charge is 2.17. The lowest BCUT2D eigenvalue weighted by Gasteiger charge is -2.19. The first-order chi connectivity index (χ1) is 12.2. The molecule has 2 aromatic rings. The van der Waals surface area contributed by atoms with E-state index < -0.39 is 11.6 Å². The van der Waals surface area contributed by atoms with Gasteiger partial charge in [-0.1, -0.05) is 42.5 Å². The van der Waals surface area contributed by atoms with Crippen molar-refractivity contribution in [3.05, 3.63) is 65.7 Å². The van der Waals surface area contributed by atoms with Crippen molar-refractivity contribution in [3.63, 3.8) is 0 Å². The van der Waals surface area contributed by atoms with Crippen LogP contribution in [0.25, 0.3) is 0 Å². The zero-order valence-electron chi connectivity index (χ0n) is 15.5. The Morgan fingerprint density at radius 2 is 1.62 bits per heavy atom. The number of hydrogen-bond donors (Lipinski definition) is 2. The summed E-state index contributed by atoms with van der Waals surface area (Å²) in [6.07, 6.45) is 0.669. The largest absolute Gasteiger partial charge is 0.460 e. The molecule has 5 heteroatoms. The number of esters is 1. The van der Waals surface area contributed by atoms with Crippen LogP contribution in [0.1, 0.15) is 31.9 Å². The lowest BCUT2D eigenvalue weighted by Crippen LogP contribution is -2.37. The van der Waals surface area contributed by atoms with Gasteiger partial charge in [0.05, 0.1) is 12.5 Å². The van der Waals surface area contributed by atoms with Crippen molar-refractivity contribution >= 4 is 17.6 Å². The zero-order chi connectivity index (χ0) is 19.2. The van der Waals surface area contributed by atoms with Crippen LogP contribution in [0.2, 0.25) is 0 Å². The molecule has 0 saturated heterocycles. The maximum atomic E-state index is 12.2. The standard InChI is InChI=1S/C21H26N2O3/c1-21(2,3)26-19(24)14-16-9-11-17(12-10-16)23-20(25)18(22)13-15-7-5-4-6-8-15/h4-12,18H,13-14,22H2,1-3H3,(H,23,25). The molecule has 26 heavy (non-hydrogen) atoms. The quantitative estimate of drug-likeness (QED) is 0.781. The summed E-state index contributed by atoms with van der Waals surface area (Å²) in [6, 6.07) is 16.1. The molecule has 0 spiro atoms. The Kier molecular flexibility index (Phi) is 6.52. The normalized spacial score (nSPS) is 12.3. The Labute approximate surface area is 154 Å². The lowest BCUT2D eigenvalue weighted by molar-refractivity contribution is -0.153. The average Bonchev–Trinajstić information content (AvgIpc) is 2.55. The van der Waals surface area contributed by atoms with E-state index in [0.717, 1.165) is 11.1 Å². The van der Waals surface area contributed by atoms with Gasteiger partial charge in [0.2, 0.25) is 5.91 Å². The van der Waals surface area contributed by atoms with E-state index in [4.69, 9.17) is 10.5 Å². The van der Waals surface area contributed by atoms with E-state index in [1.54, 1.807) is 24.3 Å². The van der Waals surface area contributed by atoms with E-state index >= 15 is 0 Å². The monoisotopic (exact) mass is 354 g/mol. The summed E-state index contributed by atoms with van der Waals surface area (Å²) in [4.78, 5) is 24.1. The Morgan fingerprint density at radius 1 is 1.00 bits per heavy atom. The molecule has 0 aromatic heterocycles. The summed E-state index contributed by atoms with van der Waals surface area (Å²) in [7, 11) is 0. The van der Waals surface area contributed by atoms with Crippen LogP contribution < -0.4 is 11.1 Å². The lowest BCUT2D eigenvalue weighted by atomic mass is 10.1. The van der Waals surface area contributed by atoms with Crippen molar-refractivity contribution < 1.29 is 14.3 Å². The van der Waals surface area contributed by atoms with Gasteiger partial charge >= 0.3 is 5.97 Å². The summed E-state index contributed by atoms with van der Waals surface area (Å²) in [6.45, 7) is 5.51. The SMILES string of the molecule is CC(C)(C)OC(=O)Cc1ccc(NC(=O)C(N)Cc2ccccc2)cc1. The van der Waals surface area contributed by atoms with Crippen molar-refractivity contribution in [2.24, 2.45) is 5.73 Å². The van der Waals surface area contributed by atoms with Crippen LogP contribution in [0, 0.1) is 0 Å². The second-order valence-electron chi connectivity index (χ2n) is 7.25. The number of carbonyl (C=O) groups excluding carboxylic acids is 2. The van der Waals surface area contributed by atoms with E-state index in [1.165, 1.54) is 0 Å². The van der Waals surface area contributed by atoms with Crippen LogP contribution in [0.5, 0.6) is 0 Å². The van der Waals surface area contributed by atoms with E-state index in [-0.39, 0.29) is 18.3 Å². The van der Waals surface area contributed by atoms with Gasteiger partial charge in [-0.05, 0) is 50.5 Å². The van der Waals surface area contributed by atoms with E-state index in [2.05, 4.69) is 5.32 Å². The molecule has 0 bridgehead atoms. The first kappa shape index (κ1) is 19.7. The van der Waals surface area contributed by atoms with Crippen LogP contribution >= 0.6 is 0 Å². The van der Waals surface area contributed by atoms with Gasteiger partial charge < -0.3 is 15.8 Å². The number of rotatable bonds is 6. The summed E-state index contributed by atoms with van der Waals surface area (Å²) in [5.41, 5.74) is 7.96. The van der Waals surface area contributed by atoms with Gasteiger partial charge in [0.1, 0.15) is 5.60 Å². The molecule has 0 saturated carbocycles. The summed E-state index contributed by atoms with van der Waals surface area (Å²) in [5.74, 6) is -0.520. The van der Waals surface area contributed by atoms with Gasteiger partial charge in [0, 0.05) is 5.69 Å². The number of carbonyl (C=O) groups is 2. The minimum Gasteiger partial charge on any atom is -0.460 e. The molecule has 1 amide bonds. The third kappa shape index (κ3) is 6.69. The number of ether oxygens (including phenoxy) is 1. The Morgan fingerprint density at radius 3 is 2.19 bits per heavy atom. The van der Waals surface area contributed by atoms with Crippen molar-refractivity contribution in [3.8, 4) is 0 Å². The number of hydrogen-bond acceptors (Lipinski definition) is 4. The molecular formula is C21H26N2O3. The van der Waals surface area contributed by atoms with Crippen molar-refractivity contribution in [1.29, 1.82) is 0 Å².